The Bertz CT molecular complexity index is 361. The Morgan fingerprint density at radius 1 is 1.44 bits per heavy atom. The zero-order chi connectivity index (χ0) is 11.4. The van der Waals surface area contributed by atoms with Gasteiger partial charge in [0, 0.05) is 17.5 Å². The molecule has 1 aromatic heterocycles. The molecule has 0 aliphatic heterocycles. The molecule has 1 aliphatic rings. The van der Waals surface area contributed by atoms with E-state index in [1.807, 2.05) is 0 Å². The maximum absolute atomic E-state index is 10.4. The number of nitrogens with zero attached hydrogens (tertiary/aromatic N) is 2. The predicted molar refractivity (Wildman–Crippen MR) is 61.9 cm³/mol. The molecular formula is C10H15N3O2S. The van der Waals surface area contributed by atoms with Gasteiger partial charge in [0.15, 0.2) is 0 Å². The van der Waals surface area contributed by atoms with Crippen LogP contribution < -0.4 is 5.32 Å². The van der Waals surface area contributed by atoms with Gasteiger partial charge in [-0.1, -0.05) is 19.3 Å². The highest BCUT2D eigenvalue weighted by Gasteiger charge is 2.19. The van der Waals surface area contributed by atoms with E-state index in [1.165, 1.54) is 30.8 Å². The average molecular weight is 241 g/mol. The highest BCUT2D eigenvalue weighted by Crippen LogP contribution is 2.32. The Morgan fingerprint density at radius 3 is 2.88 bits per heavy atom. The Hall–Kier alpha value is -1.17. The van der Waals surface area contributed by atoms with Crippen molar-refractivity contribution >= 4 is 22.6 Å². The number of carbonyl (C=O) groups is 1. The van der Waals surface area contributed by atoms with Crippen LogP contribution in [0, 0.1) is 0 Å². The van der Waals surface area contributed by atoms with Gasteiger partial charge in [-0.3, -0.25) is 4.79 Å². The molecule has 6 heteroatoms. The van der Waals surface area contributed by atoms with Gasteiger partial charge in [0.25, 0.3) is 0 Å². The van der Waals surface area contributed by atoms with Crippen LogP contribution >= 0.6 is 11.5 Å². The lowest BCUT2D eigenvalue weighted by molar-refractivity contribution is -0.134. The number of hydrogen-bond donors (Lipinski definition) is 2. The Labute approximate surface area is 98.1 Å². The minimum absolute atomic E-state index is 0.0979. The van der Waals surface area contributed by atoms with Gasteiger partial charge in [-0.25, -0.2) is 4.98 Å². The third-order valence-corrected chi connectivity index (χ3v) is 3.49. The van der Waals surface area contributed by atoms with Crippen molar-refractivity contribution in [3.63, 3.8) is 0 Å². The summed E-state index contributed by atoms with van der Waals surface area (Å²) in [5, 5.41) is 11.9. The summed E-state index contributed by atoms with van der Waals surface area (Å²) in [7, 11) is 0. The Balaban J connectivity index is 1.93. The summed E-state index contributed by atoms with van der Waals surface area (Å²) >= 11 is 1.25. The van der Waals surface area contributed by atoms with E-state index in [0.717, 1.165) is 18.7 Å². The Morgan fingerprint density at radius 2 is 2.19 bits per heavy atom. The number of aromatic nitrogens is 2. The van der Waals surface area contributed by atoms with Crippen LogP contribution in [0.2, 0.25) is 0 Å². The van der Waals surface area contributed by atoms with Gasteiger partial charge in [0.05, 0.1) is 0 Å². The topological polar surface area (TPSA) is 75.1 Å². The standard InChI is InChI=1S/C10H15N3O2S/c14-8(15)6-11-10-12-9(13-16-10)7-4-2-1-3-5-7/h7H,1-6H2,(H,14,15)(H,11,12,13). The number of nitrogens with one attached hydrogen (secondary N) is 1. The molecule has 88 valence electrons. The van der Waals surface area contributed by atoms with E-state index in [-0.39, 0.29) is 6.54 Å². The second kappa shape index (κ2) is 5.25. The fraction of sp³-hybridized carbons (Fsp3) is 0.700. The highest BCUT2D eigenvalue weighted by atomic mass is 32.1. The van der Waals surface area contributed by atoms with E-state index < -0.39 is 5.97 Å². The van der Waals surface area contributed by atoms with Crippen LogP contribution in [-0.4, -0.2) is 27.0 Å². The van der Waals surface area contributed by atoms with Crippen molar-refractivity contribution < 1.29 is 9.90 Å². The summed E-state index contributed by atoms with van der Waals surface area (Å²) in [5.41, 5.74) is 0. The summed E-state index contributed by atoms with van der Waals surface area (Å²) in [6, 6.07) is 0. The number of carboxylic acids is 1. The molecule has 16 heavy (non-hydrogen) atoms. The summed E-state index contributed by atoms with van der Waals surface area (Å²) < 4.78 is 4.29. The van der Waals surface area contributed by atoms with Gasteiger partial charge in [0.2, 0.25) is 5.13 Å². The molecule has 0 spiro atoms. The number of hydrogen-bond acceptors (Lipinski definition) is 5. The normalized spacial score (nSPS) is 17.2. The third-order valence-electron chi connectivity index (χ3n) is 2.80. The third kappa shape index (κ3) is 2.91. The van der Waals surface area contributed by atoms with Crippen LogP contribution in [0.3, 0.4) is 0 Å². The first-order valence-corrected chi connectivity index (χ1v) is 6.32. The van der Waals surface area contributed by atoms with E-state index >= 15 is 0 Å². The van der Waals surface area contributed by atoms with E-state index in [0.29, 0.717) is 11.0 Å². The van der Waals surface area contributed by atoms with Gasteiger partial charge >= 0.3 is 5.97 Å². The molecule has 2 N–H and O–H groups in total. The molecule has 0 atom stereocenters. The molecule has 1 aliphatic carbocycles. The van der Waals surface area contributed by atoms with E-state index in [1.54, 1.807) is 0 Å². The fourth-order valence-electron chi connectivity index (χ4n) is 1.98. The van der Waals surface area contributed by atoms with Crippen molar-refractivity contribution in [2.24, 2.45) is 0 Å². The van der Waals surface area contributed by atoms with E-state index in [2.05, 4.69) is 14.7 Å². The highest BCUT2D eigenvalue weighted by molar-refractivity contribution is 7.09. The maximum Gasteiger partial charge on any atom is 0.322 e. The van der Waals surface area contributed by atoms with Gasteiger partial charge < -0.3 is 10.4 Å². The van der Waals surface area contributed by atoms with Crippen LogP contribution in [0.5, 0.6) is 0 Å². The summed E-state index contributed by atoms with van der Waals surface area (Å²) in [4.78, 5) is 14.7. The molecule has 0 amide bonds. The fourth-order valence-corrected chi connectivity index (χ4v) is 2.63. The lowest BCUT2D eigenvalue weighted by Gasteiger charge is -2.18. The Kier molecular flexibility index (Phi) is 3.71. The van der Waals surface area contributed by atoms with Gasteiger partial charge in [0.1, 0.15) is 12.4 Å². The van der Waals surface area contributed by atoms with Crippen LogP contribution in [0.1, 0.15) is 43.8 Å². The van der Waals surface area contributed by atoms with Gasteiger partial charge in [-0.15, -0.1) is 0 Å². The first-order chi connectivity index (χ1) is 7.75. The van der Waals surface area contributed by atoms with Crippen molar-refractivity contribution in [1.82, 2.24) is 9.36 Å². The maximum atomic E-state index is 10.4. The minimum Gasteiger partial charge on any atom is -0.480 e. The quantitative estimate of drug-likeness (QED) is 0.844. The van der Waals surface area contributed by atoms with Crippen molar-refractivity contribution in [3.8, 4) is 0 Å². The van der Waals surface area contributed by atoms with Crippen molar-refractivity contribution in [1.29, 1.82) is 0 Å². The number of aliphatic carboxylic acids is 1. The number of anilines is 1. The zero-order valence-electron chi connectivity index (χ0n) is 8.98. The first kappa shape index (κ1) is 11.3. The number of rotatable bonds is 4. The predicted octanol–water partition coefficient (Wildman–Crippen LogP) is 2.08. The zero-order valence-corrected chi connectivity index (χ0v) is 9.79. The first-order valence-electron chi connectivity index (χ1n) is 5.55. The lowest BCUT2D eigenvalue weighted by Crippen LogP contribution is -2.12. The molecule has 0 bridgehead atoms. The van der Waals surface area contributed by atoms with E-state index in [9.17, 15) is 4.79 Å². The average Bonchev–Trinajstić information content (AvgIpc) is 2.76. The van der Waals surface area contributed by atoms with Crippen LogP contribution in [0.15, 0.2) is 0 Å². The molecule has 1 aromatic rings. The van der Waals surface area contributed by atoms with E-state index in [4.69, 9.17) is 5.11 Å². The molecule has 0 radical (unpaired) electrons. The summed E-state index contributed by atoms with van der Waals surface area (Å²) in [6.45, 7) is -0.0979. The molecule has 1 fully saturated rings. The van der Waals surface area contributed by atoms with Crippen molar-refractivity contribution in [2.75, 3.05) is 11.9 Å². The van der Waals surface area contributed by atoms with Crippen LogP contribution in [-0.2, 0) is 4.79 Å². The molecule has 0 aromatic carbocycles. The molecule has 0 saturated heterocycles. The summed E-state index contributed by atoms with van der Waals surface area (Å²) in [6.07, 6.45) is 6.14. The second-order valence-electron chi connectivity index (χ2n) is 4.04. The van der Waals surface area contributed by atoms with Gasteiger partial charge in [-0.05, 0) is 12.8 Å². The lowest BCUT2D eigenvalue weighted by atomic mass is 9.89. The molecule has 0 unspecified atom stereocenters. The molecule has 1 saturated carbocycles. The number of carboxylic acid groups (broad SMARTS) is 1. The van der Waals surface area contributed by atoms with Crippen molar-refractivity contribution in [2.45, 2.75) is 38.0 Å². The van der Waals surface area contributed by atoms with Gasteiger partial charge in [-0.2, -0.15) is 4.37 Å². The molecule has 1 heterocycles. The SMILES string of the molecule is O=C(O)CNc1nc(C2CCCCC2)ns1. The molecule has 5 nitrogen and oxygen atoms in total. The molecule has 2 rings (SSSR count). The minimum atomic E-state index is -0.880. The largest absolute Gasteiger partial charge is 0.480 e. The summed E-state index contributed by atoms with van der Waals surface area (Å²) in [5.74, 6) is 0.484. The van der Waals surface area contributed by atoms with Crippen LogP contribution in [0.25, 0.3) is 0 Å². The second-order valence-corrected chi connectivity index (χ2v) is 4.79. The van der Waals surface area contributed by atoms with Crippen LogP contribution in [0.4, 0.5) is 5.13 Å². The monoisotopic (exact) mass is 241 g/mol. The smallest absolute Gasteiger partial charge is 0.322 e. The molecular weight excluding hydrogens is 226 g/mol. The van der Waals surface area contributed by atoms with Crippen molar-refractivity contribution in [3.05, 3.63) is 5.82 Å².